The van der Waals surface area contributed by atoms with Crippen LogP contribution in [0.1, 0.15) is 115 Å². The van der Waals surface area contributed by atoms with Crippen molar-refractivity contribution >= 4 is 11.6 Å². The van der Waals surface area contributed by atoms with Gasteiger partial charge in [-0.2, -0.15) is 0 Å². The van der Waals surface area contributed by atoms with Gasteiger partial charge in [0.1, 0.15) is 0 Å². The average molecular weight is 547 g/mol. The molecule has 0 aromatic rings. The molecule has 2 bridgehead atoms. The standard InChI is InChI=1S/C34H62N2O3/c1-12-35(13-2)24(7)30(38)34(31(39)25(8)36(14-3)15-4)21-23(6)26-18-19-33(11)27(20-28(34)32(26,9)10)22(5)16-17-29(33)37/h22-29,37H,12-21H2,1-11H3/t22-,23-,24?,25?,26+,27-,28+,29?,33+,34?/m1/s1. The van der Waals surface area contributed by atoms with Crippen LogP contribution in [-0.2, 0) is 9.59 Å². The summed E-state index contributed by atoms with van der Waals surface area (Å²) >= 11 is 0. The van der Waals surface area contributed by atoms with Crippen LogP contribution in [0.4, 0.5) is 0 Å². The first-order valence-corrected chi connectivity index (χ1v) is 16.4. The van der Waals surface area contributed by atoms with E-state index in [0.717, 1.165) is 58.3 Å². The number of aliphatic hydroxyl groups is 1. The second kappa shape index (κ2) is 12.2. The predicted molar refractivity (Wildman–Crippen MR) is 162 cm³/mol. The van der Waals surface area contributed by atoms with Gasteiger partial charge in [-0.3, -0.25) is 19.4 Å². The molecule has 9 atom stereocenters. The van der Waals surface area contributed by atoms with Crippen molar-refractivity contribution in [2.45, 2.75) is 133 Å². The summed E-state index contributed by atoms with van der Waals surface area (Å²) in [6.07, 6.45) is 5.21. The van der Waals surface area contributed by atoms with E-state index in [-0.39, 0.29) is 52.4 Å². The highest BCUT2D eigenvalue weighted by atomic mass is 16.3. The number of aliphatic hydroxyl groups excluding tert-OH is 1. The lowest BCUT2D eigenvalue weighted by Crippen LogP contribution is -2.66. The molecule has 0 heterocycles. The summed E-state index contributed by atoms with van der Waals surface area (Å²) in [4.78, 5) is 34.7. The van der Waals surface area contributed by atoms with E-state index in [4.69, 9.17) is 0 Å². The molecule has 0 aromatic carbocycles. The molecule has 3 rings (SSSR count). The summed E-state index contributed by atoms with van der Waals surface area (Å²) in [6.45, 7) is 27.5. The van der Waals surface area contributed by atoms with E-state index < -0.39 is 5.41 Å². The molecule has 3 fully saturated rings. The van der Waals surface area contributed by atoms with E-state index >= 15 is 9.59 Å². The third-order valence-electron chi connectivity index (χ3n) is 12.8. The zero-order chi connectivity index (χ0) is 29.5. The van der Waals surface area contributed by atoms with Crippen molar-refractivity contribution in [1.29, 1.82) is 0 Å². The molecule has 0 saturated heterocycles. The Labute approximate surface area is 240 Å². The number of hydrogen-bond acceptors (Lipinski definition) is 5. The van der Waals surface area contributed by atoms with E-state index in [9.17, 15) is 5.11 Å². The summed E-state index contributed by atoms with van der Waals surface area (Å²) in [6, 6.07) is -0.586. The highest BCUT2D eigenvalue weighted by molar-refractivity contribution is 6.11. The van der Waals surface area contributed by atoms with Crippen molar-refractivity contribution in [2.75, 3.05) is 26.2 Å². The molecule has 3 unspecified atom stereocenters. The van der Waals surface area contributed by atoms with Crippen LogP contribution in [0, 0.1) is 45.8 Å². The fourth-order valence-corrected chi connectivity index (χ4v) is 10.3. The molecule has 1 N–H and O–H groups in total. The maximum Gasteiger partial charge on any atom is 0.163 e. The minimum absolute atomic E-state index is 0.0281. The van der Waals surface area contributed by atoms with Crippen LogP contribution in [0.2, 0.25) is 0 Å². The van der Waals surface area contributed by atoms with Gasteiger partial charge in [0.05, 0.1) is 23.6 Å². The summed E-state index contributed by atoms with van der Waals surface area (Å²) in [5, 5.41) is 11.4. The molecule has 39 heavy (non-hydrogen) atoms. The number of nitrogens with zero attached hydrogens (tertiary/aromatic N) is 2. The highest BCUT2D eigenvalue weighted by Gasteiger charge is 2.66. The first kappa shape index (κ1) is 32.7. The molecule has 3 aliphatic carbocycles. The molecular formula is C34H62N2O3. The number of fused-ring (bicyclic) bond motifs is 3. The minimum Gasteiger partial charge on any atom is -0.393 e. The first-order valence-electron chi connectivity index (χ1n) is 16.4. The Morgan fingerprint density at radius 2 is 1.28 bits per heavy atom. The molecule has 5 nitrogen and oxygen atoms in total. The fraction of sp³-hybridized carbons (Fsp3) is 0.941. The third kappa shape index (κ3) is 5.31. The van der Waals surface area contributed by atoms with E-state index in [2.05, 4.69) is 86.0 Å². The van der Waals surface area contributed by atoms with Gasteiger partial charge in [0, 0.05) is 0 Å². The fourth-order valence-electron chi connectivity index (χ4n) is 10.3. The first-order chi connectivity index (χ1) is 18.2. The Morgan fingerprint density at radius 1 is 0.795 bits per heavy atom. The summed E-state index contributed by atoms with van der Waals surface area (Å²) < 4.78 is 0. The van der Waals surface area contributed by atoms with Crippen LogP contribution in [0.25, 0.3) is 0 Å². The minimum atomic E-state index is -1.01. The van der Waals surface area contributed by atoms with E-state index in [0.29, 0.717) is 24.2 Å². The average Bonchev–Trinajstić information content (AvgIpc) is 2.89. The molecule has 3 aliphatic rings. The second-order valence-corrected chi connectivity index (χ2v) is 14.6. The van der Waals surface area contributed by atoms with E-state index in [1.165, 1.54) is 0 Å². The van der Waals surface area contributed by atoms with Gasteiger partial charge in [0.2, 0.25) is 0 Å². The van der Waals surface area contributed by atoms with Crippen molar-refractivity contribution < 1.29 is 14.7 Å². The molecule has 5 heteroatoms. The maximum atomic E-state index is 15.1. The number of rotatable bonds is 10. The molecular weight excluding hydrogens is 484 g/mol. The van der Waals surface area contributed by atoms with Gasteiger partial charge >= 0.3 is 0 Å². The number of carbonyl (C=O) groups is 2. The highest BCUT2D eigenvalue weighted by Crippen LogP contribution is 2.65. The van der Waals surface area contributed by atoms with Crippen LogP contribution < -0.4 is 0 Å². The smallest absolute Gasteiger partial charge is 0.163 e. The predicted octanol–water partition coefficient (Wildman–Crippen LogP) is 6.47. The molecule has 226 valence electrons. The van der Waals surface area contributed by atoms with Gasteiger partial charge in [-0.15, -0.1) is 0 Å². The number of likely N-dealkylation sites (N-methyl/N-ethyl adjacent to an activating group) is 2. The lowest BCUT2D eigenvalue weighted by molar-refractivity contribution is -0.182. The van der Waals surface area contributed by atoms with Crippen molar-refractivity contribution in [2.24, 2.45) is 45.8 Å². The Bertz CT molecular complexity index is 833. The summed E-state index contributed by atoms with van der Waals surface area (Å²) in [7, 11) is 0. The normalized spacial score (nSPS) is 39.9. The molecule has 0 aromatic heterocycles. The summed E-state index contributed by atoms with van der Waals surface area (Å²) in [5.41, 5.74) is -1.31. The SMILES string of the molecule is CCN(CC)C(C)C(=O)C1(C(=O)C(C)N(CC)CC)C[C@@H](C)[C@@H]2CC[C@]3(C)C(O)CC[C@@H](C)[C@H]3C[C@H]1C2(C)C. The van der Waals surface area contributed by atoms with Crippen molar-refractivity contribution in [1.82, 2.24) is 9.80 Å². The number of carbonyl (C=O) groups excluding carboxylic acids is 2. The summed E-state index contributed by atoms with van der Waals surface area (Å²) in [5.74, 6) is 1.79. The molecule has 0 radical (unpaired) electrons. The maximum absolute atomic E-state index is 15.1. The largest absolute Gasteiger partial charge is 0.393 e. The van der Waals surface area contributed by atoms with Gasteiger partial charge in [-0.05, 0) is 119 Å². The van der Waals surface area contributed by atoms with Gasteiger partial charge in [0.15, 0.2) is 11.6 Å². The van der Waals surface area contributed by atoms with Crippen molar-refractivity contribution in [3.63, 3.8) is 0 Å². The van der Waals surface area contributed by atoms with E-state index in [1.54, 1.807) is 0 Å². The third-order valence-corrected chi connectivity index (χ3v) is 12.8. The zero-order valence-corrected chi connectivity index (χ0v) is 27.3. The lowest BCUT2D eigenvalue weighted by atomic mass is 9.40. The van der Waals surface area contributed by atoms with Crippen LogP contribution in [-0.4, -0.2) is 70.8 Å². The Hall–Kier alpha value is -0.780. The van der Waals surface area contributed by atoms with Crippen molar-refractivity contribution in [3.05, 3.63) is 0 Å². The van der Waals surface area contributed by atoms with Gasteiger partial charge < -0.3 is 5.11 Å². The van der Waals surface area contributed by atoms with Gasteiger partial charge in [-0.1, -0.05) is 62.3 Å². The number of Topliss-reactive ketones (excluding diaryl/α,β-unsaturated/α-hetero) is 2. The zero-order valence-electron chi connectivity index (χ0n) is 27.3. The van der Waals surface area contributed by atoms with Crippen LogP contribution in [0.3, 0.4) is 0 Å². The molecule has 0 spiro atoms. The Balaban J connectivity index is 2.28. The van der Waals surface area contributed by atoms with E-state index in [1.807, 2.05) is 0 Å². The van der Waals surface area contributed by atoms with Crippen molar-refractivity contribution in [3.8, 4) is 0 Å². The second-order valence-electron chi connectivity index (χ2n) is 14.6. The quantitative estimate of drug-likeness (QED) is 0.318. The van der Waals surface area contributed by atoms with Gasteiger partial charge in [0.25, 0.3) is 0 Å². The molecule has 0 aliphatic heterocycles. The number of hydrogen-bond donors (Lipinski definition) is 1. The van der Waals surface area contributed by atoms with Gasteiger partial charge in [-0.25, -0.2) is 0 Å². The van der Waals surface area contributed by atoms with Crippen LogP contribution in [0.5, 0.6) is 0 Å². The molecule has 3 saturated carbocycles. The monoisotopic (exact) mass is 546 g/mol. The van der Waals surface area contributed by atoms with Crippen LogP contribution >= 0.6 is 0 Å². The lowest BCUT2D eigenvalue weighted by Gasteiger charge is -2.63. The number of ketones is 2. The molecule has 0 amide bonds. The Morgan fingerprint density at radius 3 is 1.74 bits per heavy atom. The topological polar surface area (TPSA) is 60.9 Å². The van der Waals surface area contributed by atoms with Crippen LogP contribution in [0.15, 0.2) is 0 Å². The Kier molecular flexibility index (Phi) is 10.3.